The van der Waals surface area contributed by atoms with Crippen LogP contribution in [-0.4, -0.2) is 32.2 Å². The smallest absolute Gasteiger partial charge is 0.411 e. The second-order valence-electron chi connectivity index (χ2n) is 3.69. The molecule has 1 N–H and O–H groups in total. The van der Waals surface area contributed by atoms with Crippen LogP contribution in [0.25, 0.3) is 0 Å². The minimum atomic E-state index is -0.466. The molecule has 0 aliphatic carbocycles. The van der Waals surface area contributed by atoms with Crippen molar-refractivity contribution in [1.82, 2.24) is 0 Å². The normalized spacial score (nSPS) is 19.6. The third kappa shape index (κ3) is 4.05. The van der Waals surface area contributed by atoms with Gasteiger partial charge in [0, 0.05) is 12.1 Å². The topological polar surface area (TPSA) is 56.8 Å². The second kappa shape index (κ2) is 6.22. The van der Waals surface area contributed by atoms with Gasteiger partial charge in [-0.2, -0.15) is 0 Å². The largest absolute Gasteiger partial charge is 0.447 e. The molecule has 17 heavy (non-hydrogen) atoms. The van der Waals surface area contributed by atoms with Crippen LogP contribution < -0.4 is 5.32 Å². The molecular formula is C12H15NO4. The number of hydrogen-bond donors (Lipinski definition) is 1. The molecule has 0 bridgehead atoms. The Bertz CT molecular complexity index is 349. The third-order valence-corrected chi connectivity index (χ3v) is 2.39. The Morgan fingerprint density at radius 1 is 1.41 bits per heavy atom. The zero-order valence-corrected chi connectivity index (χ0v) is 9.43. The van der Waals surface area contributed by atoms with Crippen LogP contribution >= 0.6 is 0 Å². The number of para-hydroxylation sites is 1. The molecule has 92 valence electrons. The Kier molecular flexibility index (Phi) is 4.35. The number of ether oxygens (including phenoxy) is 3. The van der Waals surface area contributed by atoms with Crippen molar-refractivity contribution >= 4 is 11.8 Å². The molecule has 1 heterocycles. The first-order valence-corrected chi connectivity index (χ1v) is 5.53. The summed E-state index contributed by atoms with van der Waals surface area (Å²) in [6.45, 7) is 1.17. The molecule has 0 saturated carbocycles. The standard InChI is InChI=1S/C12H15NO4/c14-12(13-10-4-2-1-3-5-10)16-8-11-6-7-15-9-17-11/h1-5,11H,6-9H2,(H,13,14). The van der Waals surface area contributed by atoms with E-state index in [0.717, 1.165) is 6.42 Å². The Morgan fingerprint density at radius 3 is 2.94 bits per heavy atom. The average Bonchev–Trinajstić information content (AvgIpc) is 2.39. The van der Waals surface area contributed by atoms with Gasteiger partial charge in [0.15, 0.2) is 0 Å². The molecule has 1 unspecified atom stereocenters. The molecule has 0 radical (unpaired) electrons. The van der Waals surface area contributed by atoms with Crippen LogP contribution in [0.3, 0.4) is 0 Å². The van der Waals surface area contributed by atoms with E-state index in [4.69, 9.17) is 14.2 Å². The molecule has 1 fully saturated rings. The van der Waals surface area contributed by atoms with Gasteiger partial charge in [-0.15, -0.1) is 0 Å². The van der Waals surface area contributed by atoms with E-state index in [9.17, 15) is 4.79 Å². The van der Waals surface area contributed by atoms with E-state index < -0.39 is 6.09 Å². The van der Waals surface area contributed by atoms with Crippen LogP contribution in [0.15, 0.2) is 30.3 Å². The van der Waals surface area contributed by atoms with Crippen LogP contribution in [0, 0.1) is 0 Å². The van der Waals surface area contributed by atoms with Gasteiger partial charge in [-0.1, -0.05) is 18.2 Å². The maximum Gasteiger partial charge on any atom is 0.411 e. The molecule has 1 aliphatic heterocycles. The minimum absolute atomic E-state index is 0.0646. The number of nitrogens with one attached hydrogen (secondary N) is 1. The molecule has 1 aliphatic rings. The van der Waals surface area contributed by atoms with E-state index in [1.54, 1.807) is 12.1 Å². The predicted octanol–water partition coefficient (Wildman–Crippen LogP) is 2.00. The van der Waals surface area contributed by atoms with Gasteiger partial charge >= 0.3 is 6.09 Å². The second-order valence-corrected chi connectivity index (χ2v) is 3.69. The van der Waals surface area contributed by atoms with Gasteiger partial charge in [0.2, 0.25) is 0 Å². The summed E-state index contributed by atoms with van der Waals surface area (Å²) in [5.41, 5.74) is 0.713. The highest BCUT2D eigenvalue weighted by atomic mass is 16.7. The Morgan fingerprint density at radius 2 is 2.24 bits per heavy atom. The molecule has 1 amide bonds. The lowest BCUT2D eigenvalue weighted by Gasteiger charge is -2.22. The first-order chi connectivity index (χ1) is 8.34. The van der Waals surface area contributed by atoms with Crippen molar-refractivity contribution in [2.24, 2.45) is 0 Å². The van der Waals surface area contributed by atoms with E-state index >= 15 is 0 Å². The third-order valence-electron chi connectivity index (χ3n) is 2.39. The number of amides is 1. The van der Waals surface area contributed by atoms with E-state index in [2.05, 4.69) is 5.32 Å². The molecule has 2 rings (SSSR count). The van der Waals surface area contributed by atoms with E-state index in [0.29, 0.717) is 12.3 Å². The predicted molar refractivity (Wildman–Crippen MR) is 61.7 cm³/mol. The summed E-state index contributed by atoms with van der Waals surface area (Å²) < 4.78 is 15.3. The molecule has 1 saturated heterocycles. The first kappa shape index (κ1) is 11.9. The van der Waals surface area contributed by atoms with Gasteiger partial charge in [-0.25, -0.2) is 4.79 Å². The minimum Gasteiger partial charge on any atom is -0.447 e. The van der Waals surface area contributed by atoms with E-state index in [-0.39, 0.29) is 19.5 Å². The lowest BCUT2D eigenvalue weighted by Crippen LogP contribution is -2.30. The molecule has 1 aromatic rings. The Hall–Kier alpha value is -1.59. The first-order valence-electron chi connectivity index (χ1n) is 5.53. The van der Waals surface area contributed by atoms with Crippen molar-refractivity contribution in [1.29, 1.82) is 0 Å². The monoisotopic (exact) mass is 237 g/mol. The molecule has 0 spiro atoms. The van der Waals surface area contributed by atoms with Crippen LogP contribution in [0.4, 0.5) is 10.5 Å². The van der Waals surface area contributed by atoms with E-state index in [1.807, 2.05) is 18.2 Å². The zero-order chi connectivity index (χ0) is 11.9. The number of carbonyl (C=O) groups is 1. The number of carbonyl (C=O) groups excluding carboxylic acids is 1. The van der Waals surface area contributed by atoms with Gasteiger partial charge in [0.05, 0.1) is 12.7 Å². The summed E-state index contributed by atoms with van der Waals surface area (Å²) in [6.07, 6.45) is 0.218. The van der Waals surface area contributed by atoms with Crippen molar-refractivity contribution in [3.05, 3.63) is 30.3 Å². The quantitative estimate of drug-likeness (QED) is 0.873. The lowest BCUT2D eigenvalue weighted by molar-refractivity contribution is -0.149. The number of benzene rings is 1. The summed E-state index contributed by atoms with van der Waals surface area (Å²) in [5.74, 6) is 0. The maximum absolute atomic E-state index is 11.4. The van der Waals surface area contributed by atoms with Crippen LogP contribution in [0.5, 0.6) is 0 Å². The number of hydrogen-bond acceptors (Lipinski definition) is 4. The van der Waals surface area contributed by atoms with Crippen molar-refractivity contribution < 1.29 is 19.0 Å². The molecule has 1 aromatic carbocycles. The molecule has 5 nitrogen and oxygen atoms in total. The fourth-order valence-electron chi connectivity index (χ4n) is 1.48. The van der Waals surface area contributed by atoms with Gasteiger partial charge in [0.25, 0.3) is 0 Å². The molecule has 5 heteroatoms. The highest BCUT2D eigenvalue weighted by Gasteiger charge is 2.16. The Balaban J connectivity index is 1.70. The number of anilines is 1. The fraction of sp³-hybridized carbons (Fsp3) is 0.417. The molecule has 1 atom stereocenters. The summed E-state index contributed by atoms with van der Waals surface area (Å²) >= 11 is 0. The van der Waals surface area contributed by atoms with Gasteiger partial charge in [0.1, 0.15) is 13.4 Å². The van der Waals surface area contributed by atoms with Crippen molar-refractivity contribution in [2.75, 3.05) is 25.3 Å². The maximum atomic E-state index is 11.4. The zero-order valence-electron chi connectivity index (χ0n) is 9.43. The van der Waals surface area contributed by atoms with Crippen molar-refractivity contribution in [3.63, 3.8) is 0 Å². The fourth-order valence-corrected chi connectivity index (χ4v) is 1.48. The van der Waals surface area contributed by atoms with Crippen molar-refractivity contribution in [2.45, 2.75) is 12.5 Å². The summed E-state index contributed by atoms with van der Waals surface area (Å²) in [7, 11) is 0. The summed E-state index contributed by atoms with van der Waals surface area (Å²) in [6, 6.07) is 9.17. The lowest BCUT2D eigenvalue weighted by atomic mass is 10.3. The molecule has 0 aromatic heterocycles. The molecular weight excluding hydrogens is 222 g/mol. The summed E-state index contributed by atoms with van der Waals surface area (Å²) in [4.78, 5) is 11.4. The number of rotatable bonds is 3. The van der Waals surface area contributed by atoms with Crippen LogP contribution in [0.2, 0.25) is 0 Å². The van der Waals surface area contributed by atoms with Crippen LogP contribution in [0.1, 0.15) is 6.42 Å². The summed E-state index contributed by atoms with van der Waals surface area (Å²) in [5, 5.41) is 2.63. The highest BCUT2D eigenvalue weighted by Crippen LogP contribution is 2.08. The average molecular weight is 237 g/mol. The van der Waals surface area contributed by atoms with E-state index in [1.165, 1.54) is 0 Å². The van der Waals surface area contributed by atoms with Gasteiger partial charge < -0.3 is 14.2 Å². The van der Waals surface area contributed by atoms with Gasteiger partial charge in [-0.3, -0.25) is 5.32 Å². The Labute approximate surface area is 99.7 Å². The van der Waals surface area contributed by atoms with Crippen molar-refractivity contribution in [3.8, 4) is 0 Å². The highest BCUT2D eigenvalue weighted by molar-refractivity contribution is 5.84. The van der Waals surface area contributed by atoms with Gasteiger partial charge in [-0.05, 0) is 12.1 Å². The van der Waals surface area contributed by atoms with Crippen LogP contribution in [-0.2, 0) is 14.2 Å². The SMILES string of the molecule is O=C(Nc1ccccc1)OCC1CCOCO1.